The molecule has 0 fully saturated rings. The summed E-state index contributed by atoms with van der Waals surface area (Å²) in [4.78, 5) is 23.1. The van der Waals surface area contributed by atoms with Gasteiger partial charge in [-0.15, -0.1) is 0 Å². The zero-order valence-electron chi connectivity index (χ0n) is 7.43. The number of benzene rings is 1. The minimum Gasteiger partial charge on any atom is -0.494 e. The lowest BCUT2D eigenvalue weighted by Gasteiger charge is -1.99. The molecule has 1 aromatic heterocycles. The van der Waals surface area contributed by atoms with Crippen molar-refractivity contribution in [3.05, 3.63) is 44.7 Å². The summed E-state index contributed by atoms with van der Waals surface area (Å²) in [7, 11) is 0. The van der Waals surface area contributed by atoms with Crippen molar-refractivity contribution in [2.45, 2.75) is 0 Å². The van der Waals surface area contributed by atoms with Gasteiger partial charge in [-0.25, -0.2) is 0 Å². The van der Waals surface area contributed by atoms with E-state index in [2.05, 4.69) is 4.98 Å². The van der Waals surface area contributed by atoms with Gasteiger partial charge in [0.05, 0.1) is 4.92 Å². The molecular weight excluding hydrogens is 200 g/mol. The Kier molecular flexibility index (Phi) is 1.89. The molecule has 2 aromatic rings. The maximum Gasteiger partial charge on any atom is 0.270 e. The summed E-state index contributed by atoms with van der Waals surface area (Å²) in [6.45, 7) is 0. The number of nitrogens with zero attached hydrogens (tertiary/aromatic N) is 1. The molecule has 0 radical (unpaired) electrons. The molecule has 2 rings (SSSR count). The number of H-pyrrole nitrogens is 1. The lowest BCUT2D eigenvalue weighted by atomic mass is 10.1. The SMILES string of the molecule is O=c1cc2cc([N+](=O)[O-])ccc2c(O)[nH]1. The van der Waals surface area contributed by atoms with Crippen LogP contribution in [0.2, 0.25) is 0 Å². The number of pyridine rings is 1. The van der Waals surface area contributed by atoms with E-state index in [1.54, 1.807) is 0 Å². The molecule has 0 unspecified atom stereocenters. The van der Waals surface area contributed by atoms with E-state index in [4.69, 9.17) is 0 Å². The van der Waals surface area contributed by atoms with Crippen LogP contribution in [0.5, 0.6) is 5.88 Å². The van der Waals surface area contributed by atoms with Gasteiger partial charge in [-0.3, -0.25) is 19.9 Å². The van der Waals surface area contributed by atoms with E-state index in [9.17, 15) is 20.0 Å². The highest BCUT2D eigenvalue weighted by molar-refractivity contribution is 5.88. The zero-order valence-corrected chi connectivity index (χ0v) is 7.43. The van der Waals surface area contributed by atoms with E-state index < -0.39 is 10.5 Å². The van der Waals surface area contributed by atoms with E-state index in [1.807, 2.05) is 0 Å². The van der Waals surface area contributed by atoms with Crippen LogP contribution in [-0.2, 0) is 0 Å². The largest absolute Gasteiger partial charge is 0.494 e. The molecule has 0 saturated heterocycles. The Morgan fingerprint density at radius 3 is 2.73 bits per heavy atom. The molecule has 0 aliphatic rings. The first-order valence-electron chi connectivity index (χ1n) is 4.08. The highest BCUT2D eigenvalue weighted by Gasteiger charge is 2.08. The lowest BCUT2D eigenvalue weighted by Crippen LogP contribution is -2.02. The number of fused-ring (bicyclic) bond motifs is 1. The topological polar surface area (TPSA) is 96.2 Å². The average Bonchev–Trinajstić information content (AvgIpc) is 2.16. The molecule has 15 heavy (non-hydrogen) atoms. The van der Waals surface area contributed by atoms with Crippen LogP contribution in [0.1, 0.15) is 0 Å². The molecule has 2 N–H and O–H groups in total. The summed E-state index contributed by atoms with van der Waals surface area (Å²) < 4.78 is 0. The monoisotopic (exact) mass is 206 g/mol. The first kappa shape index (κ1) is 9.20. The van der Waals surface area contributed by atoms with Gasteiger partial charge in [-0.05, 0) is 11.5 Å². The van der Waals surface area contributed by atoms with Crippen molar-refractivity contribution < 1.29 is 10.0 Å². The molecule has 0 amide bonds. The molecule has 1 aromatic carbocycles. The van der Waals surface area contributed by atoms with Gasteiger partial charge in [0.25, 0.3) is 11.2 Å². The van der Waals surface area contributed by atoms with Gasteiger partial charge in [-0.2, -0.15) is 0 Å². The Morgan fingerprint density at radius 1 is 1.33 bits per heavy atom. The molecule has 6 heteroatoms. The van der Waals surface area contributed by atoms with Crippen LogP contribution in [0.3, 0.4) is 0 Å². The first-order chi connectivity index (χ1) is 7.08. The molecule has 0 bridgehead atoms. The molecule has 0 saturated carbocycles. The van der Waals surface area contributed by atoms with Crippen LogP contribution in [0, 0.1) is 10.1 Å². The van der Waals surface area contributed by atoms with Crippen LogP contribution < -0.4 is 5.56 Å². The van der Waals surface area contributed by atoms with Crippen molar-refractivity contribution in [2.24, 2.45) is 0 Å². The van der Waals surface area contributed by atoms with E-state index in [1.165, 1.54) is 24.3 Å². The van der Waals surface area contributed by atoms with Crippen molar-refractivity contribution in [1.82, 2.24) is 4.98 Å². The van der Waals surface area contributed by atoms with Gasteiger partial charge < -0.3 is 5.11 Å². The van der Waals surface area contributed by atoms with Crippen LogP contribution in [-0.4, -0.2) is 15.0 Å². The number of aromatic amines is 1. The molecule has 1 heterocycles. The zero-order chi connectivity index (χ0) is 11.0. The van der Waals surface area contributed by atoms with Gasteiger partial charge >= 0.3 is 0 Å². The third kappa shape index (κ3) is 1.52. The highest BCUT2D eigenvalue weighted by Crippen LogP contribution is 2.24. The van der Waals surface area contributed by atoms with Gasteiger partial charge in [0, 0.05) is 23.6 Å². The van der Waals surface area contributed by atoms with E-state index in [0.717, 1.165) is 0 Å². The van der Waals surface area contributed by atoms with Crippen LogP contribution >= 0.6 is 0 Å². The fourth-order valence-corrected chi connectivity index (χ4v) is 1.36. The lowest BCUT2D eigenvalue weighted by molar-refractivity contribution is -0.384. The third-order valence-corrected chi connectivity index (χ3v) is 2.03. The van der Waals surface area contributed by atoms with Gasteiger partial charge in [-0.1, -0.05) is 0 Å². The van der Waals surface area contributed by atoms with Gasteiger partial charge in [0.2, 0.25) is 0 Å². The summed E-state index contributed by atoms with van der Waals surface area (Å²) in [6.07, 6.45) is 0. The van der Waals surface area contributed by atoms with Crippen molar-refractivity contribution in [3.8, 4) is 5.88 Å². The van der Waals surface area contributed by atoms with Crippen LogP contribution in [0.15, 0.2) is 29.1 Å². The number of aromatic hydroxyl groups is 1. The van der Waals surface area contributed by atoms with Crippen LogP contribution in [0.25, 0.3) is 10.8 Å². The standard InChI is InChI=1S/C9H6N2O4/c12-8-4-5-3-6(11(14)15)1-2-7(5)9(13)10-8/h1-4H,(H2,10,12,13). The Labute approximate surface area is 82.9 Å². The van der Waals surface area contributed by atoms with Crippen LogP contribution in [0.4, 0.5) is 5.69 Å². The molecule has 0 atom stereocenters. The fraction of sp³-hybridized carbons (Fsp3) is 0. The Hall–Kier alpha value is -2.37. The second kappa shape index (κ2) is 3.09. The van der Waals surface area contributed by atoms with Gasteiger partial charge in [0.1, 0.15) is 0 Å². The maximum absolute atomic E-state index is 11.0. The number of hydrogen-bond donors (Lipinski definition) is 2. The normalized spacial score (nSPS) is 10.4. The molecule has 76 valence electrons. The summed E-state index contributed by atoms with van der Waals surface area (Å²) in [5.74, 6) is -0.285. The maximum atomic E-state index is 11.0. The summed E-state index contributed by atoms with van der Waals surface area (Å²) in [5, 5.41) is 20.5. The van der Waals surface area contributed by atoms with Gasteiger partial charge in [0.15, 0.2) is 5.88 Å². The van der Waals surface area contributed by atoms with E-state index >= 15 is 0 Å². The predicted octanol–water partition coefficient (Wildman–Crippen LogP) is 1.14. The quantitative estimate of drug-likeness (QED) is 0.540. The summed E-state index contributed by atoms with van der Waals surface area (Å²) in [5.41, 5.74) is -0.618. The minimum atomic E-state index is -0.558. The molecule has 0 aliphatic carbocycles. The third-order valence-electron chi connectivity index (χ3n) is 2.03. The second-order valence-electron chi connectivity index (χ2n) is 3.01. The fourth-order valence-electron chi connectivity index (χ4n) is 1.36. The van der Waals surface area contributed by atoms with E-state index in [-0.39, 0.29) is 11.6 Å². The Balaban J connectivity index is 2.82. The average molecular weight is 206 g/mol. The Morgan fingerprint density at radius 2 is 2.07 bits per heavy atom. The number of nitro groups is 1. The Bertz CT molecular complexity index is 603. The number of non-ortho nitro benzene ring substituents is 1. The number of nitrogens with one attached hydrogen (secondary N) is 1. The van der Waals surface area contributed by atoms with E-state index in [0.29, 0.717) is 10.8 Å². The predicted molar refractivity (Wildman–Crippen MR) is 52.9 cm³/mol. The number of hydrogen-bond acceptors (Lipinski definition) is 4. The van der Waals surface area contributed by atoms with Crippen molar-refractivity contribution >= 4 is 16.5 Å². The number of aromatic nitrogens is 1. The number of rotatable bonds is 1. The first-order valence-corrected chi connectivity index (χ1v) is 4.08. The smallest absolute Gasteiger partial charge is 0.270 e. The summed E-state index contributed by atoms with van der Waals surface area (Å²) >= 11 is 0. The number of nitro benzene ring substituents is 1. The summed E-state index contributed by atoms with van der Waals surface area (Å²) in [6, 6.07) is 5.09. The highest BCUT2D eigenvalue weighted by atomic mass is 16.6. The molecule has 0 spiro atoms. The molecule has 0 aliphatic heterocycles. The molecular formula is C9H6N2O4. The van der Waals surface area contributed by atoms with Crippen molar-refractivity contribution in [3.63, 3.8) is 0 Å². The molecule has 6 nitrogen and oxygen atoms in total. The minimum absolute atomic E-state index is 0.118. The second-order valence-corrected chi connectivity index (χ2v) is 3.01. The van der Waals surface area contributed by atoms with Crippen molar-refractivity contribution in [2.75, 3.05) is 0 Å². The van der Waals surface area contributed by atoms with Crippen molar-refractivity contribution in [1.29, 1.82) is 0 Å².